The first-order chi connectivity index (χ1) is 17.6. The van der Waals surface area contributed by atoms with Crippen molar-refractivity contribution in [1.29, 1.82) is 0 Å². The molecule has 0 saturated heterocycles. The molecule has 0 radical (unpaired) electrons. The summed E-state index contributed by atoms with van der Waals surface area (Å²) in [5.74, 6) is 1.54. The van der Waals surface area contributed by atoms with Crippen molar-refractivity contribution in [3.8, 4) is 17.2 Å². The van der Waals surface area contributed by atoms with Crippen molar-refractivity contribution in [2.75, 3.05) is 7.11 Å². The summed E-state index contributed by atoms with van der Waals surface area (Å²) in [6.45, 7) is 0.845. The number of hydrogen-bond donors (Lipinski definition) is 1. The van der Waals surface area contributed by atoms with Crippen molar-refractivity contribution >= 4 is 23.7 Å². The van der Waals surface area contributed by atoms with Crippen LogP contribution in [0.4, 0.5) is 0 Å². The van der Waals surface area contributed by atoms with E-state index in [1.54, 1.807) is 43.7 Å². The molecule has 7 heteroatoms. The summed E-state index contributed by atoms with van der Waals surface area (Å²) in [6.07, 6.45) is 1.55. The molecule has 4 rings (SSSR count). The van der Waals surface area contributed by atoms with Gasteiger partial charge in [0.25, 0.3) is 5.91 Å². The molecule has 36 heavy (non-hydrogen) atoms. The maximum atomic E-state index is 12.4. The van der Waals surface area contributed by atoms with Crippen molar-refractivity contribution in [3.63, 3.8) is 0 Å². The van der Waals surface area contributed by atoms with Gasteiger partial charge in [0.2, 0.25) is 0 Å². The Balaban J connectivity index is 1.29. The Morgan fingerprint density at radius 1 is 0.833 bits per heavy atom. The fraction of sp³-hybridized carbons (Fsp3) is 0.103. The molecule has 0 aliphatic rings. The number of amides is 1. The van der Waals surface area contributed by atoms with Gasteiger partial charge in [-0.3, -0.25) is 4.79 Å². The second-order valence-corrected chi connectivity index (χ2v) is 8.26. The van der Waals surface area contributed by atoms with E-state index < -0.39 is 0 Å². The number of nitrogens with zero attached hydrogens (tertiary/aromatic N) is 1. The number of ether oxygens (including phenoxy) is 3. The Morgan fingerprint density at radius 3 is 2.25 bits per heavy atom. The average Bonchev–Trinajstić information content (AvgIpc) is 2.92. The van der Waals surface area contributed by atoms with E-state index in [0.29, 0.717) is 41.0 Å². The second-order valence-electron chi connectivity index (χ2n) is 7.82. The molecule has 1 amide bonds. The van der Waals surface area contributed by atoms with E-state index in [-0.39, 0.29) is 5.91 Å². The van der Waals surface area contributed by atoms with Crippen LogP contribution in [0.25, 0.3) is 0 Å². The molecule has 1 N–H and O–H groups in total. The van der Waals surface area contributed by atoms with Gasteiger partial charge in [-0.05, 0) is 71.3 Å². The lowest BCUT2D eigenvalue weighted by molar-refractivity contribution is 0.0955. The van der Waals surface area contributed by atoms with Crippen LogP contribution >= 0.6 is 11.6 Å². The highest BCUT2D eigenvalue weighted by Crippen LogP contribution is 2.28. The van der Waals surface area contributed by atoms with Gasteiger partial charge in [0.1, 0.15) is 19.0 Å². The zero-order valence-corrected chi connectivity index (χ0v) is 20.4. The lowest BCUT2D eigenvalue weighted by atomic mass is 10.2. The maximum absolute atomic E-state index is 12.4. The van der Waals surface area contributed by atoms with E-state index >= 15 is 0 Å². The van der Waals surface area contributed by atoms with Crippen LogP contribution in [0, 0.1) is 0 Å². The number of rotatable bonds is 10. The molecule has 0 heterocycles. The van der Waals surface area contributed by atoms with Gasteiger partial charge >= 0.3 is 0 Å². The topological polar surface area (TPSA) is 69.2 Å². The minimum Gasteiger partial charge on any atom is -0.493 e. The number of carbonyl (C=O) groups excluding carboxylic acids is 1. The van der Waals surface area contributed by atoms with Crippen molar-refractivity contribution < 1.29 is 19.0 Å². The molecule has 0 aliphatic carbocycles. The van der Waals surface area contributed by atoms with E-state index in [1.165, 1.54) is 0 Å². The summed E-state index contributed by atoms with van der Waals surface area (Å²) in [5.41, 5.74) is 5.82. The average molecular weight is 501 g/mol. The highest BCUT2D eigenvalue weighted by Gasteiger charge is 2.07. The standard InChI is InChI=1S/C29H25ClN2O4/c1-34-28-17-23(9-16-27(28)36-20-21-5-3-2-4-6-21)18-31-32-29(33)24-10-14-26(15-11-24)35-19-22-7-12-25(30)13-8-22/h2-18H,19-20H2,1H3,(H,32,33)/b31-18-. The number of hydrogen-bond acceptors (Lipinski definition) is 5. The molecule has 0 unspecified atom stereocenters. The third kappa shape index (κ3) is 7.10. The number of carbonyl (C=O) groups is 1. The Bertz CT molecular complexity index is 1310. The van der Waals surface area contributed by atoms with E-state index in [9.17, 15) is 4.79 Å². The van der Waals surface area contributed by atoms with Crippen molar-refractivity contribution in [1.82, 2.24) is 5.43 Å². The lowest BCUT2D eigenvalue weighted by Gasteiger charge is -2.11. The normalized spacial score (nSPS) is 10.7. The van der Waals surface area contributed by atoms with E-state index in [0.717, 1.165) is 16.7 Å². The number of nitrogens with one attached hydrogen (secondary N) is 1. The predicted molar refractivity (Wildman–Crippen MR) is 141 cm³/mol. The first kappa shape index (κ1) is 24.8. The number of benzene rings is 4. The quantitative estimate of drug-likeness (QED) is 0.206. The fourth-order valence-corrected chi connectivity index (χ4v) is 3.42. The fourth-order valence-electron chi connectivity index (χ4n) is 3.30. The highest BCUT2D eigenvalue weighted by molar-refractivity contribution is 6.30. The van der Waals surface area contributed by atoms with Crippen LogP contribution in [0.1, 0.15) is 27.0 Å². The highest BCUT2D eigenvalue weighted by atomic mass is 35.5. The second kappa shape index (κ2) is 12.4. The largest absolute Gasteiger partial charge is 0.493 e. The Kier molecular flexibility index (Phi) is 8.57. The van der Waals surface area contributed by atoms with Crippen molar-refractivity contribution in [2.45, 2.75) is 13.2 Å². The minimum atomic E-state index is -0.328. The molecule has 0 saturated carbocycles. The van der Waals surface area contributed by atoms with E-state index in [2.05, 4.69) is 10.5 Å². The van der Waals surface area contributed by atoms with Gasteiger partial charge in [-0.2, -0.15) is 5.10 Å². The smallest absolute Gasteiger partial charge is 0.271 e. The first-order valence-electron chi connectivity index (χ1n) is 11.3. The number of halogens is 1. The van der Waals surface area contributed by atoms with Crippen LogP contribution in [0.3, 0.4) is 0 Å². The first-order valence-corrected chi connectivity index (χ1v) is 11.6. The predicted octanol–water partition coefficient (Wildman–Crippen LogP) is 6.27. The summed E-state index contributed by atoms with van der Waals surface area (Å²) in [6, 6.07) is 29.6. The van der Waals surface area contributed by atoms with E-state index in [4.69, 9.17) is 25.8 Å². The molecule has 0 atom stereocenters. The van der Waals surface area contributed by atoms with Gasteiger partial charge in [0, 0.05) is 10.6 Å². The number of hydrazone groups is 1. The summed E-state index contributed by atoms with van der Waals surface area (Å²) in [4.78, 5) is 12.4. The minimum absolute atomic E-state index is 0.328. The molecule has 182 valence electrons. The molecular weight excluding hydrogens is 476 g/mol. The molecule has 0 aromatic heterocycles. The zero-order chi connectivity index (χ0) is 25.2. The van der Waals surface area contributed by atoms with Crippen LogP contribution in [0.15, 0.2) is 102 Å². The SMILES string of the molecule is COc1cc(/C=N\NC(=O)c2ccc(OCc3ccc(Cl)cc3)cc2)ccc1OCc1ccccc1. The van der Waals surface area contributed by atoms with Crippen LogP contribution in [-0.4, -0.2) is 19.2 Å². The maximum Gasteiger partial charge on any atom is 0.271 e. The van der Waals surface area contributed by atoms with Gasteiger partial charge in [-0.1, -0.05) is 54.1 Å². The van der Waals surface area contributed by atoms with Gasteiger partial charge < -0.3 is 14.2 Å². The van der Waals surface area contributed by atoms with Crippen molar-refractivity contribution in [3.05, 3.63) is 124 Å². The van der Waals surface area contributed by atoms with Crippen molar-refractivity contribution in [2.24, 2.45) is 5.10 Å². The Labute approximate surface area is 215 Å². The molecule has 0 fully saturated rings. The molecule has 6 nitrogen and oxygen atoms in total. The molecule has 0 aliphatic heterocycles. The molecule has 0 bridgehead atoms. The van der Waals surface area contributed by atoms with Gasteiger partial charge in [0.05, 0.1) is 13.3 Å². The van der Waals surface area contributed by atoms with Crippen LogP contribution in [0.5, 0.6) is 17.2 Å². The molecule has 4 aromatic carbocycles. The van der Waals surface area contributed by atoms with Crippen LogP contribution in [-0.2, 0) is 13.2 Å². The molecule has 0 spiro atoms. The lowest BCUT2D eigenvalue weighted by Crippen LogP contribution is -2.17. The van der Waals surface area contributed by atoms with Crippen LogP contribution in [0.2, 0.25) is 5.02 Å². The summed E-state index contributed by atoms with van der Waals surface area (Å²) >= 11 is 5.90. The summed E-state index contributed by atoms with van der Waals surface area (Å²) in [7, 11) is 1.58. The summed E-state index contributed by atoms with van der Waals surface area (Å²) < 4.78 is 17.1. The van der Waals surface area contributed by atoms with Crippen LogP contribution < -0.4 is 19.6 Å². The van der Waals surface area contributed by atoms with Gasteiger partial charge in [-0.25, -0.2) is 5.43 Å². The summed E-state index contributed by atoms with van der Waals surface area (Å²) in [5, 5.41) is 4.74. The number of methoxy groups -OCH3 is 1. The Morgan fingerprint density at radius 2 is 1.53 bits per heavy atom. The Hall–Kier alpha value is -4.29. The molecular formula is C29H25ClN2O4. The molecule has 4 aromatic rings. The van der Waals surface area contributed by atoms with Gasteiger partial charge in [-0.15, -0.1) is 0 Å². The van der Waals surface area contributed by atoms with Gasteiger partial charge in [0.15, 0.2) is 11.5 Å². The third-order valence-corrected chi connectivity index (χ3v) is 5.49. The monoisotopic (exact) mass is 500 g/mol. The van der Waals surface area contributed by atoms with E-state index in [1.807, 2.05) is 66.7 Å². The zero-order valence-electron chi connectivity index (χ0n) is 19.7. The third-order valence-electron chi connectivity index (χ3n) is 5.24.